The molecule has 22 heavy (non-hydrogen) atoms. The predicted molar refractivity (Wildman–Crippen MR) is 82.8 cm³/mol. The van der Waals surface area contributed by atoms with Gasteiger partial charge in [0.1, 0.15) is 12.4 Å². The van der Waals surface area contributed by atoms with Gasteiger partial charge in [-0.3, -0.25) is 9.48 Å². The van der Waals surface area contributed by atoms with E-state index in [0.717, 1.165) is 17.8 Å². The number of aromatic nitrogens is 4. The van der Waals surface area contributed by atoms with Crippen molar-refractivity contribution in [3.63, 3.8) is 0 Å². The van der Waals surface area contributed by atoms with E-state index in [1.165, 1.54) is 0 Å². The molecule has 0 saturated carbocycles. The summed E-state index contributed by atoms with van der Waals surface area (Å²) >= 11 is 0. The lowest BCUT2D eigenvalue weighted by Gasteiger charge is -2.05. The van der Waals surface area contributed by atoms with Gasteiger partial charge in [-0.05, 0) is 39.3 Å². The molecule has 0 aromatic carbocycles. The van der Waals surface area contributed by atoms with Crippen LogP contribution in [0.3, 0.4) is 0 Å². The monoisotopic (exact) mass is 305 g/mol. The topological polar surface area (TPSA) is 74.0 Å². The van der Waals surface area contributed by atoms with E-state index in [0.29, 0.717) is 32.1 Å². The van der Waals surface area contributed by atoms with Crippen molar-refractivity contribution in [2.75, 3.05) is 19.8 Å². The molecule has 2 rings (SSSR count). The number of aryl methyl sites for hydroxylation is 2. The Labute approximate surface area is 130 Å². The first kappa shape index (κ1) is 16.2. The second-order valence-electron chi connectivity index (χ2n) is 5.11. The molecule has 120 valence electrons. The number of carbonyl (C=O) groups is 1. The number of carbonyl (C=O) groups excluding carboxylic acids is 1. The van der Waals surface area contributed by atoms with E-state index in [4.69, 9.17) is 4.74 Å². The smallest absolute Gasteiger partial charge is 0.271 e. The van der Waals surface area contributed by atoms with Crippen LogP contribution in [0.5, 0.6) is 0 Å². The Bertz CT molecular complexity index is 617. The highest BCUT2D eigenvalue weighted by atomic mass is 16.5. The van der Waals surface area contributed by atoms with Gasteiger partial charge >= 0.3 is 0 Å². The van der Waals surface area contributed by atoms with Crippen LogP contribution in [0.1, 0.15) is 35.2 Å². The minimum Gasteiger partial charge on any atom is -0.382 e. The number of ether oxygens (including phenoxy) is 1. The Hall–Kier alpha value is -2.15. The molecule has 0 spiro atoms. The maximum Gasteiger partial charge on any atom is 0.271 e. The summed E-state index contributed by atoms with van der Waals surface area (Å²) in [4.78, 5) is 12.0. The standard InChI is InChI=1S/C15H23N5O2/c1-4-22-9-5-7-16-15(21)14-6-8-19(18-14)11-20-13(3)10-12(2)17-20/h6,8,10H,4-5,7,9,11H2,1-3H3,(H,16,21). The van der Waals surface area contributed by atoms with E-state index in [1.54, 1.807) is 16.9 Å². The number of hydrogen-bond acceptors (Lipinski definition) is 4. The molecule has 0 aliphatic heterocycles. The zero-order valence-corrected chi connectivity index (χ0v) is 13.4. The molecule has 1 N–H and O–H groups in total. The average Bonchev–Trinajstić information content (AvgIpc) is 3.06. The normalized spacial score (nSPS) is 10.9. The number of nitrogens with one attached hydrogen (secondary N) is 1. The van der Waals surface area contributed by atoms with E-state index in [1.807, 2.05) is 31.5 Å². The van der Waals surface area contributed by atoms with E-state index in [-0.39, 0.29) is 5.91 Å². The first-order chi connectivity index (χ1) is 10.6. The molecule has 0 bridgehead atoms. The average molecular weight is 305 g/mol. The Morgan fingerprint density at radius 1 is 1.36 bits per heavy atom. The summed E-state index contributed by atoms with van der Waals surface area (Å²) < 4.78 is 8.78. The van der Waals surface area contributed by atoms with Gasteiger partial charge in [0.25, 0.3) is 5.91 Å². The molecule has 0 unspecified atom stereocenters. The van der Waals surface area contributed by atoms with E-state index in [9.17, 15) is 4.79 Å². The van der Waals surface area contributed by atoms with Gasteiger partial charge in [0.15, 0.2) is 0 Å². The second-order valence-corrected chi connectivity index (χ2v) is 5.11. The summed E-state index contributed by atoms with van der Waals surface area (Å²) in [5, 5.41) is 11.5. The highest BCUT2D eigenvalue weighted by molar-refractivity contribution is 5.92. The van der Waals surface area contributed by atoms with E-state index >= 15 is 0 Å². The zero-order valence-electron chi connectivity index (χ0n) is 13.4. The van der Waals surface area contributed by atoms with Crippen molar-refractivity contribution >= 4 is 5.91 Å². The fourth-order valence-electron chi connectivity index (χ4n) is 2.13. The van der Waals surface area contributed by atoms with Gasteiger partial charge in [-0.25, -0.2) is 4.68 Å². The summed E-state index contributed by atoms with van der Waals surface area (Å²) in [6, 6.07) is 3.72. The van der Waals surface area contributed by atoms with Gasteiger partial charge < -0.3 is 10.1 Å². The van der Waals surface area contributed by atoms with Gasteiger partial charge in [0.05, 0.1) is 5.69 Å². The first-order valence-electron chi connectivity index (χ1n) is 7.50. The summed E-state index contributed by atoms with van der Waals surface area (Å²) in [5.74, 6) is -0.163. The van der Waals surface area contributed by atoms with Gasteiger partial charge in [-0.1, -0.05) is 0 Å². The molecule has 0 aliphatic carbocycles. The van der Waals surface area contributed by atoms with Gasteiger partial charge in [0.2, 0.25) is 0 Å². The molecule has 2 aromatic rings. The highest BCUT2D eigenvalue weighted by Gasteiger charge is 2.09. The Morgan fingerprint density at radius 2 is 2.18 bits per heavy atom. The molecule has 1 amide bonds. The predicted octanol–water partition coefficient (Wildman–Crippen LogP) is 1.36. The van der Waals surface area contributed by atoms with E-state index in [2.05, 4.69) is 15.5 Å². The molecule has 2 heterocycles. The van der Waals surface area contributed by atoms with Crippen molar-refractivity contribution in [3.8, 4) is 0 Å². The van der Waals surface area contributed by atoms with Gasteiger partial charge in [0, 0.05) is 31.6 Å². The fourth-order valence-corrected chi connectivity index (χ4v) is 2.13. The maximum atomic E-state index is 12.0. The number of rotatable bonds is 8. The van der Waals surface area contributed by atoms with Crippen LogP contribution < -0.4 is 5.32 Å². The van der Waals surface area contributed by atoms with Crippen LogP contribution in [0, 0.1) is 13.8 Å². The van der Waals surface area contributed by atoms with Crippen LogP contribution in [0.25, 0.3) is 0 Å². The molecular weight excluding hydrogens is 282 g/mol. The van der Waals surface area contributed by atoms with Crippen molar-refractivity contribution < 1.29 is 9.53 Å². The molecule has 7 heteroatoms. The number of hydrogen-bond donors (Lipinski definition) is 1. The third-order valence-electron chi connectivity index (χ3n) is 3.21. The Morgan fingerprint density at radius 3 is 2.86 bits per heavy atom. The van der Waals surface area contributed by atoms with Crippen molar-refractivity contribution in [2.24, 2.45) is 0 Å². The van der Waals surface area contributed by atoms with Crippen LogP contribution in [0.4, 0.5) is 0 Å². The molecule has 0 saturated heterocycles. The van der Waals surface area contributed by atoms with Crippen LogP contribution in [-0.2, 0) is 11.4 Å². The summed E-state index contributed by atoms with van der Waals surface area (Å²) in [7, 11) is 0. The SMILES string of the molecule is CCOCCCNC(=O)c1ccn(Cn2nc(C)cc2C)n1. The Kier molecular flexibility index (Phi) is 5.71. The van der Waals surface area contributed by atoms with Crippen LogP contribution in [0.15, 0.2) is 18.3 Å². The number of nitrogens with zero attached hydrogens (tertiary/aromatic N) is 4. The molecule has 0 aliphatic rings. The quantitative estimate of drug-likeness (QED) is 0.747. The molecule has 0 fully saturated rings. The summed E-state index contributed by atoms with van der Waals surface area (Å²) in [5.41, 5.74) is 2.45. The molecular formula is C15H23N5O2. The lowest BCUT2D eigenvalue weighted by Crippen LogP contribution is -2.26. The van der Waals surface area contributed by atoms with E-state index < -0.39 is 0 Å². The lowest BCUT2D eigenvalue weighted by atomic mass is 10.4. The largest absolute Gasteiger partial charge is 0.382 e. The highest BCUT2D eigenvalue weighted by Crippen LogP contribution is 2.03. The van der Waals surface area contributed by atoms with Crippen LogP contribution in [0.2, 0.25) is 0 Å². The van der Waals surface area contributed by atoms with Crippen molar-refractivity contribution in [1.29, 1.82) is 0 Å². The van der Waals surface area contributed by atoms with Crippen LogP contribution in [-0.4, -0.2) is 45.2 Å². The fraction of sp³-hybridized carbons (Fsp3) is 0.533. The molecule has 0 atom stereocenters. The van der Waals surface area contributed by atoms with Crippen LogP contribution >= 0.6 is 0 Å². The first-order valence-corrected chi connectivity index (χ1v) is 7.50. The van der Waals surface area contributed by atoms with Crippen molar-refractivity contribution in [1.82, 2.24) is 24.9 Å². The Balaban J connectivity index is 1.85. The molecule has 2 aromatic heterocycles. The van der Waals surface area contributed by atoms with Crippen molar-refractivity contribution in [3.05, 3.63) is 35.4 Å². The third-order valence-corrected chi connectivity index (χ3v) is 3.21. The maximum absolute atomic E-state index is 12.0. The minimum atomic E-state index is -0.163. The lowest BCUT2D eigenvalue weighted by molar-refractivity contribution is 0.0938. The van der Waals surface area contributed by atoms with Gasteiger partial charge in [-0.2, -0.15) is 10.2 Å². The van der Waals surface area contributed by atoms with Gasteiger partial charge in [-0.15, -0.1) is 0 Å². The summed E-state index contributed by atoms with van der Waals surface area (Å²) in [6.07, 6.45) is 2.58. The molecule has 0 radical (unpaired) electrons. The second kappa shape index (κ2) is 7.74. The summed E-state index contributed by atoms with van der Waals surface area (Å²) in [6.45, 7) is 8.34. The molecule has 7 nitrogen and oxygen atoms in total. The third kappa shape index (κ3) is 4.42. The van der Waals surface area contributed by atoms with Crippen molar-refractivity contribution in [2.45, 2.75) is 33.9 Å². The minimum absolute atomic E-state index is 0.163. The zero-order chi connectivity index (χ0) is 15.9. The number of amides is 1.